The third kappa shape index (κ3) is 3.30. The van der Waals surface area contributed by atoms with Crippen LogP contribution in [0.4, 0.5) is 16.6 Å². The van der Waals surface area contributed by atoms with Crippen molar-refractivity contribution < 1.29 is 4.79 Å². The molecule has 1 amide bonds. The monoisotopic (exact) mass is 305 g/mol. The van der Waals surface area contributed by atoms with E-state index in [1.165, 1.54) is 16.2 Å². The molecule has 7 heteroatoms. The fourth-order valence-electron chi connectivity index (χ4n) is 1.89. The highest BCUT2D eigenvalue weighted by Crippen LogP contribution is 2.29. The van der Waals surface area contributed by atoms with E-state index in [-0.39, 0.29) is 11.7 Å². The van der Waals surface area contributed by atoms with Gasteiger partial charge in [-0.3, -0.25) is 9.78 Å². The third-order valence-corrected chi connectivity index (χ3v) is 4.23. The van der Waals surface area contributed by atoms with E-state index in [4.69, 9.17) is 5.73 Å². The number of carbonyl (C=O) groups is 1. The lowest BCUT2D eigenvalue weighted by Crippen LogP contribution is -2.26. The number of rotatable bonds is 5. The van der Waals surface area contributed by atoms with E-state index in [9.17, 15) is 4.79 Å². The molecule has 21 heavy (non-hydrogen) atoms. The van der Waals surface area contributed by atoms with Gasteiger partial charge >= 0.3 is 0 Å². The summed E-state index contributed by atoms with van der Waals surface area (Å²) in [6.07, 6.45) is 4.31. The van der Waals surface area contributed by atoms with Crippen LogP contribution in [0, 0.1) is 0 Å². The summed E-state index contributed by atoms with van der Waals surface area (Å²) in [5.74, 6) is 0.104. The van der Waals surface area contributed by atoms with Crippen LogP contribution >= 0.6 is 11.3 Å². The SMILES string of the molecule is CCCN(C)c1nc(N)c(C(=O)N(C)c2cccnc2)s1. The summed E-state index contributed by atoms with van der Waals surface area (Å²) in [4.78, 5) is 24.8. The van der Waals surface area contributed by atoms with Gasteiger partial charge < -0.3 is 15.5 Å². The van der Waals surface area contributed by atoms with Crippen molar-refractivity contribution in [3.05, 3.63) is 29.4 Å². The van der Waals surface area contributed by atoms with Crippen molar-refractivity contribution in [1.82, 2.24) is 9.97 Å². The summed E-state index contributed by atoms with van der Waals surface area (Å²) in [5.41, 5.74) is 6.62. The average molecular weight is 305 g/mol. The number of nitrogens with zero attached hydrogens (tertiary/aromatic N) is 4. The van der Waals surface area contributed by atoms with E-state index in [1.807, 2.05) is 18.0 Å². The summed E-state index contributed by atoms with van der Waals surface area (Å²) in [6.45, 7) is 2.97. The molecule has 0 saturated heterocycles. The number of nitrogen functional groups attached to an aromatic ring is 1. The molecule has 0 aliphatic carbocycles. The second-order valence-corrected chi connectivity index (χ2v) is 5.69. The number of amides is 1. The highest BCUT2D eigenvalue weighted by molar-refractivity contribution is 7.18. The Kier molecular flexibility index (Phi) is 4.74. The van der Waals surface area contributed by atoms with Crippen molar-refractivity contribution in [1.29, 1.82) is 0 Å². The Morgan fingerprint density at radius 1 is 1.43 bits per heavy atom. The molecule has 6 nitrogen and oxygen atoms in total. The second-order valence-electron chi connectivity index (χ2n) is 4.71. The zero-order valence-corrected chi connectivity index (χ0v) is 13.2. The summed E-state index contributed by atoms with van der Waals surface area (Å²) < 4.78 is 0. The fraction of sp³-hybridized carbons (Fsp3) is 0.357. The van der Waals surface area contributed by atoms with Crippen LogP contribution in [-0.2, 0) is 0 Å². The molecule has 0 bridgehead atoms. The van der Waals surface area contributed by atoms with Gasteiger partial charge in [0.05, 0.1) is 11.9 Å². The smallest absolute Gasteiger partial charge is 0.272 e. The minimum absolute atomic E-state index is 0.172. The molecule has 0 saturated carbocycles. The van der Waals surface area contributed by atoms with Crippen molar-refractivity contribution in [2.45, 2.75) is 13.3 Å². The van der Waals surface area contributed by atoms with Crippen LogP contribution in [0.25, 0.3) is 0 Å². The fourth-order valence-corrected chi connectivity index (χ4v) is 2.84. The van der Waals surface area contributed by atoms with E-state index in [0.717, 1.165) is 23.8 Å². The minimum atomic E-state index is -0.172. The zero-order valence-electron chi connectivity index (χ0n) is 12.4. The molecular formula is C14H19N5OS. The van der Waals surface area contributed by atoms with E-state index in [1.54, 1.807) is 25.5 Å². The molecule has 2 aromatic rings. The molecule has 0 fully saturated rings. The number of nitrogens with two attached hydrogens (primary N) is 1. The molecule has 0 spiro atoms. The van der Waals surface area contributed by atoms with E-state index < -0.39 is 0 Å². The molecule has 112 valence electrons. The van der Waals surface area contributed by atoms with Gasteiger partial charge in [-0.05, 0) is 18.6 Å². The van der Waals surface area contributed by atoms with Crippen molar-refractivity contribution in [3.63, 3.8) is 0 Å². The Hall–Kier alpha value is -2.15. The Morgan fingerprint density at radius 2 is 2.19 bits per heavy atom. The van der Waals surface area contributed by atoms with Gasteiger partial charge in [0.15, 0.2) is 5.13 Å². The number of hydrogen-bond donors (Lipinski definition) is 1. The van der Waals surface area contributed by atoms with Crippen LogP contribution in [0.15, 0.2) is 24.5 Å². The number of hydrogen-bond acceptors (Lipinski definition) is 6. The maximum absolute atomic E-state index is 12.5. The van der Waals surface area contributed by atoms with Gasteiger partial charge in [0, 0.05) is 26.8 Å². The number of aromatic nitrogens is 2. The van der Waals surface area contributed by atoms with Crippen molar-refractivity contribution in [3.8, 4) is 0 Å². The Morgan fingerprint density at radius 3 is 2.81 bits per heavy atom. The first kappa shape index (κ1) is 15.2. The van der Waals surface area contributed by atoms with Crippen molar-refractivity contribution in [2.24, 2.45) is 0 Å². The van der Waals surface area contributed by atoms with E-state index >= 15 is 0 Å². The van der Waals surface area contributed by atoms with Crippen LogP contribution < -0.4 is 15.5 Å². The molecule has 0 aliphatic rings. The van der Waals surface area contributed by atoms with Crippen molar-refractivity contribution >= 4 is 33.9 Å². The van der Waals surface area contributed by atoms with Gasteiger partial charge in [-0.25, -0.2) is 4.98 Å². The zero-order chi connectivity index (χ0) is 15.4. The van der Waals surface area contributed by atoms with Crippen molar-refractivity contribution in [2.75, 3.05) is 36.2 Å². The van der Waals surface area contributed by atoms with Gasteiger partial charge in [-0.15, -0.1) is 0 Å². The van der Waals surface area contributed by atoms with E-state index in [0.29, 0.717) is 4.88 Å². The molecule has 2 N–H and O–H groups in total. The normalized spacial score (nSPS) is 10.4. The Balaban J connectivity index is 2.23. The lowest BCUT2D eigenvalue weighted by atomic mass is 10.3. The second kappa shape index (κ2) is 6.53. The van der Waals surface area contributed by atoms with Crippen LogP contribution in [0.5, 0.6) is 0 Å². The lowest BCUT2D eigenvalue weighted by molar-refractivity contribution is 0.0997. The predicted octanol–water partition coefficient (Wildman–Crippen LogP) is 2.24. The van der Waals surface area contributed by atoms with Gasteiger partial charge in [-0.2, -0.15) is 0 Å². The first-order valence-corrected chi connectivity index (χ1v) is 7.51. The number of carbonyl (C=O) groups excluding carboxylic acids is 1. The van der Waals surface area contributed by atoms with Gasteiger partial charge in [0.1, 0.15) is 10.7 Å². The van der Waals surface area contributed by atoms with Crippen LogP contribution in [0.1, 0.15) is 23.0 Å². The predicted molar refractivity (Wildman–Crippen MR) is 87.1 cm³/mol. The summed E-state index contributed by atoms with van der Waals surface area (Å²) in [5, 5.41) is 0.761. The Labute approximate surface area is 128 Å². The summed E-state index contributed by atoms with van der Waals surface area (Å²) in [6, 6.07) is 3.61. The van der Waals surface area contributed by atoms with Crippen LogP contribution in [0.3, 0.4) is 0 Å². The highest BCUT2D eigenvalue weighted by atomic mass is 32.1. The quantitative estimate of drug-likeness (QED) is 0.917. The molecule has 0 unspecified atom stereocenters. The molecule has 0 aromatic carbocycles. The molecule has 0 aliphatic heterocycles. The molecule has 2 rings (SSSR count). The Bertz CT molecular complexity index is 613. The summed E-state index contributed by atoms with van der Waals surface area (Å²) in [7, 11) is 3.65. The highest BCUT2D eigenvalue weighted by Gasteiger charge is 2.22. The number of anilines is 3. The topological polar surface area (TPSA) is 75.4 Å². The maximum Gasteiger partial charge on any atom is 0.272 e. The average Bonchev–Trinajstić information content (AvgIpc) is 2.89. The largest absolute Gasteiger partial charge is 0.382 e. The number of pyridine rings is 1. The van der Waals surface area contributed by atoms with E-state index in [2.05, 4.69) is 16.9 Å². The maximum atomic E-state index is 12.5. The summed E-state index contributed by atoms with van der Waals surface area (Å²) >= 11 is 1.32. The number of thiazole rings is 1. The van der Waals surface area contributed by atoms with Gasteiger partial charge in [-0.1, -0.05) is 18.3 Å². The standard InChI is InChI=1S/C14H19N5OS/c1-4-8-18(2)14-17-12(15)11(21-14)13(20)19(3)10-6-5-7-16-9-10/h5-7,9H,4,8,15H2,1-3H3. The first-order valence-electron chi connectivity index (χ1n) is 6.70. The first-order chi connectivity index (χ1) is 10.0. The molecule has 2 aromatic heterocycles. The van der Waals surface area contributed by atoms with Gasteiger partial charge in [0.25, 0.3) is 5.91 Å². The molecule has 0 atom stereocenters. The molecular weight excluding hydrogens is 286 g/mol. The third-order valence-electron chi connectivity index (χ3n) is 3.06. The van der Waals surface area contributed by atoms with Gasteiger partial charge in [0.2, 0.25) is 0 Å². The minimum Gasteiger partial charge on any atom is -0.382 e. The van der Waals surface area contributed by atoms with Crippen LogP contribution in [0.2, 0.25) is 0 Å². The van der Waals surface area contributed by atoms with Crippen LogP contribution in [-0.4, -0.2) is 36.5 Å². The molecule has 2 heterocycles. The lowest BCUT2D eigenvalue weighted by Gasteiger charge is -2.16. The molecule has 0 radical (unpaired) electrons.